The zero-order valence-corrected chi connectivity index (χ0v) is 14.3. The van der Waals surface area contributed by atoms with Crippen molar-refractivity contribution in [2.24, 2.45) is 0 Å². The number of hydrogen-bond donors (Lipinski definition) is 1. The van der Waals surface area contributed by atoms with E-state index in [0.29, 0.717) is 17.1 Å². The van der Waals surface area contributed by atoms with E-state index in [-0.39, 0.29) is 24.8 Å². The van der Waals surface area contributed by atoms with Gasteiger partial charge >= 0.3 is 0 Å². The second-order valence-electron chi connectivity index (χ2n) is 4.94. The fourth-order valence-electron chi connectivity index (χ4n) is 2.11. The third-order valence-electron chi connectivity index (χ3n) is 3.30. The average molecular weight is 361 g/mol. The van der Waals surface area contributed by atoms with Crippen LogP contribution in [0.15, 0.2) is 36.4 Å². The Morgan fingerprint density at radius 3 is 2.58 bits per heavy atom. The van der Waals surface area contributed by atoms with Crippen molar-refractivity contribution >= 4 is 5.91 Å². The summed E-state index contributed by atoms with van der Waals surface area (Å²) in [4.78, 5) is 12.2. The number of hydrogen-bond acceptors (Lipinski definition) is 4. The maximum atomic E-state index is 13.4. The molecular weight excluding hydrogens is 344 g/mol. The molecule has 0 aromatic heterocycles. The van der Waals surface area contributed by atoms with Crippen LogP contribution in [0.2, 0.25) is 0 Å². The van der Waals surface area contributed by atoms with Gasteiger partial charge in [0.1, 0.15) is 12.4 Å². The molecule has 0 atom stereocenters. The van der Waals surface area contributed by atoms with Gasteiger partial charge in [-0.05, 0) is 24.3 Å². The van der Waals surface area contributed by atoms with E-state index in [9.17, 15) is 13.6 Å². The van der Waals surface area contributed by atoms with Gasteiger partial charge in [0.15, 0.2) is 23.1 Å². The Morgan fingerprint density at radius 1 is 1.08 bits per heavy atom. The zero-order chi connectivity index (χ0) is 18.9. The first-order chi connectivity index (χ1) is 12.6. The Morgan fingerprint density at radius 2 is 1.88 bits per heavy atom. The summed E-state index contributed by atoms with van der Waals surface area (Å²) in [5, 5.41) is 2.62. The lowest BCUT2D eigenvalue weighted by Gasteiger charge is -2.11. The number of amides is 1. The minimum atomic E-state index is -0.801. The van der Waals surface area contributed by atoms with E-state index < -0.39 is 11.6 Å². The average Bonchev–Trinajstić information content (AvgIpc) is 2.64. The van der Waals surface area contributed by atoms with Crippen LogP contribution in [0.5, 0.6) is 17.2 Å². The molecule has 2 aromatic carbocycles. The van der Waals surface area contributed by atoms with Crippen LogP contribution in [-0.4, -0.2) is 33.3 Å². The van der Waals surface area contributed by atoms with Crippen molar-refractivity contribution in [3.63, 3.8) is 0 Å². The molecule has 0 fully saturated rings. The molecule has 2 rings (SSSR count). The van der Waals surface area contributed by atoms with Crippen LogP contribution in [0.4, 0.5) is 8.78 Å². The molecule has 2 aromatic rings. The van der Waals surface area contributed by atoms with E-state index in [1.54, 1.807) is 18.2 Å². The molecular formula is C19H17F2NO4. The molecule has 0 heterocycles. The Kier molecular flexibility index (Phi) is 6.80. The zero-order valence-electron chi connectivity index (χ0n) is 14.3. The van der Waals surface area contributed by atoms with Crippen LogP contribution in [-0.2, 0) is 0 Å². The molecule has 1 N–H and O–H groups in total. The number of rotatable bonds is 6. The van der Waals surface area contributed by atoms with Gasteiger partial charge in [-0.2, -0.15) is 0 Å². The summed E-state index contributed by atoms with van der Waals surface area (Å²) in [5.74, 6) is 4.13. The number of carbonyl (C=O) groups is 1. The molecule has 0 spiro atoms. The van der Waals surface area contributed by atoms with Gasteiger partial charge in [-0.15, -0.1) is 0 Å². The fraction of sp³-hybridized carbons (Fsp3) is 0.211. The van der Waals surface area contributed by atoms with E-state index in [1.807, 2.05) is 0 Å². The van der Waals surface area contributed by atoms with Crippen molar-refractivity contribution < 1.29 is 27.8 Å². The van der Waals surface area contributed by atoms with Gasteiger partial charge in [-0.3, -0.25) is 4.79 Å². The molecule has 0 aliphatic rings. The number of halogens is 2. The minimum Gasteiger partial charge on any atom is -0.493 e. The predicted molar refractivity (Wildman–Crippen MR) is 91.5 cm³/mol. The number of nitrogens with one attached hydrogen (secondary N) is 1. The highest BCUT2D eigenvalue weighted by molar-refractivity contribution is 5.97. The van der Waals surface area contributed by atoms with Crippen LogP contribution in [0.3, 0.4) is 0 Å². The second-order valence-corrected chi connectivity index (χ2v) is 4.94. The lowest BCUT2D eigenvalue weighted by atomic mass is 10.1. The Bertz CT molecular complexity index is 843. The molecule has 7 heteroatoms. The third-order valence-corrected chi connectivity index (χ3v) is 3.30. The maximum absolute atomic E-state index is 13.4. The summed E-state index contributed by atoms with van der Waals surface area (Å²) in [6.07, 6.45) is 0. The van der Waals surface area contributed by atoms with Gasteiger partial charge < -0.3 is 19.5 Å². The van der Waals surface area contributed by atoms with Gasteiger partial charge in [0.05, 0.1) is 26.3 Å². The van der Waals surface area contributed by atoms with Crippen molar-refractivity contribution in [3.05, 3.63) is 53.6 Å². The van der Waals surface area contributed by atoms with Crippen LogP contribution in [0.25, 0.3) is 0 Å². The van der Waals surface area contributed by atoms with Crippen LogP contribution < -0.4 is 19.5 Å². The number of benzene rings is 2. The topological polar surface area (TPSA) is 56.8 Å². The normalized spacial score (nSPS) is 9.69. The smallest absolute Gasteiger partial charge is 0.255 e. The quantitative estimate of drug-likeness (QED) is 0.804. The monoisotopic (exact) mass is 361 g/mol. The summed E-state index contributed by atoms with van der Waals surface area (Å²) in [6, 6.07) is 7.96. The number of para-hydroxylation sites is 1. The van der Waals surface area contributed by atoms with E-state index in [0.717, 1.165) is 12.1 Å². The van der Waals surface area contributed by atoms with E-state index in [2.05, 4.69) is 17.2 Å². The highest BCUT2D eigenvalue weighted by Crippen LogP contribution is 2.30. The maximum Gasteiger partial charge on any atom is 0.255 e. The SMILES string of the molecule is COc1cccc(C(=O)NCC#CCOc2ccc(F)cc2F)c1OC. The van der Waals surface area contributed by atoms with Crippen LogP contribution in [0, 0.1) is 23.5 Å². The van der Waals surface area contributed by atoms with Gasteiger partial charge in [0.25, 0.3) is 5.91 Å². The molecule has 0 aliphatic heterocycles. The van der Waals surface area contributed by atoms with Crippen molar-refractivity contribution in [1.82, 2.24) is 5.32 Å². The Hall–Kier alpha value is -3.27. The van der Waals surface area contributed by atoms with E-state index in [1.165, 1.54) is 20.3 Å². The summed E-state index contributed by atoms with van der Waals surface area (Å²) in [5.41, 5.74) is 0.318. The fourth-order valence-corrected chi connectivity index (χ4v) is 2.11. The molecule has 0 bridgehead atoms. The lowest BCUT2D eigenvalue weighted by molar-refractivity contribution is 0.0955. The van der Waals surface area contributed by atoms with E-state index >= 15 is 0 Å². The van der Waals surface area contributed by atoms with Gasteiger partial charge in [0.2, 0.25) is 0 Å². The minimum absolute atomic E-state index is 0.0639. The molecule has 1 amide bonds. The van der Waals surface area contributed by atoms with Crippen LogP contribution in [0.1, 0.15) is 10.4 Å². The second kappa shape index (κ2) is 9.28. The first-order valence-electron chi connectivity index (χ1n) is 7.59. The van der Waals surface area contributed by atoms with Gasteiger partial charge in [0, 0.05) is 6.07 Å². The van der Waals surface area contributed by atoms with Crippen molar-refractivity contribution in [2.75, 3.05) is 27.4 Å². The molecule has 0 aliphatic carbocycles. The lowest BCUT2D eigenvalue weighted by Crippen LogP contribution is -2.24. The summed E-state index contributed by atoms with van der Waals surface area (Å²) >= 11 is 0. The summed E-state index contributed by atoms with van der Waals surface area (Å²) in [6.45, 7) is -0.0324. The summed E-state index contributed by atoms with van der Waals surface area (Å²) < 4.78 is 41.6. The molecule has 0 unspecified atom stereocenters. The summed E-state index contributed by atoms with van der Waals surface area (Å²) in [7, 11) is 2.93. The Labute approximate surface area is 149 Å². The largest absolute Gasteiger partial charge is 0.493 e. The van der Waals surface area contributed by atoms with Crippen molar-refractivity contribution in [1.29, 1.82) is 0 Å². The standard InChI is InChI=1S/C19H17F2NO4/c1-24-17-7-5-6-14(18(17)25-2)19(23)22-10-3-4-11-26-16-9-8-13(20)12-15(16)21/h5-9,12H,10-11H2,1-2H3,(H,22,23). The predicted octanol–water partition coefficient (Wildman–Crippen LogP) is 2.79. The third kappa shape index (κ3) is 4.86. The van der Waals surface area contributed by atoms with Crippen molar-refractivity contribution in [3.8, 4) is 29.1 Å². The number of methoxy groups -OCH3 is 2. The molecule has 5 nitrogen and oxygen atoms in total. The van der Waals surface area contributed by atoms with Crippen LogP contribution >= 0.6 is 0 Å². The first-order valence-corrected chi connectivity index (χ1v) is 7.59. The van der Waals surface area contributed by atoms with E-state index in [4.69, 9.17) is 14.2 Å². The van der Waals surface area contributed by atoms with Crippen molar-refractivity contribution in [2.45, 2.75) is 0 Å². The molecule has 0 saturated heterocycles. The van der Waals surface area contributed by atoms with Gasteiger partial charge in [-0.1, -0.05) is 17.9 Å². The highest BCUT2D eigenvalue weighted by Gasteiger charge is 2.15. The Balaban J connectivity index is 1.87. The number of ether oxygens (including phenoxy) is 3. The first kappa shape index (κ1) is 19.1. The van der Waals surface area contributed by atoms with Gasteiger partial charge in [-0.25, -0.2) is 8.78 Å². The highest BCUT2D eigenvalue weighted by atomic mass is 19.1. The number of carbonyl (C=O) groups excluding carboxylic acids is 1. The molecule has 26 heavy (non-hydrogen) atoms. The molecule has 0 saturated carbocycles. The molecule has 0 radical (unpaired) electrons. The molecule has 136 valence electrons.